The minimum Gasteiger partial charge on any atom is -0.456 e. The number of nitrogens with one attached hydrogen (secondary N) is 1. The maximum absolute atomic E-state index is 11.1. The Kier molecular flexibility index (Phi) is 1.17. The van der Waals surface area contributed by atoms with Crippen molar-refractivity contribution in [3.8, 4) is 0 Å². The molecular weight excluding hydrogens is 146 g/mol. The fourth-order valence-corrected chi connectivity index (χ4v) is 1.86. The summed E-state index contributed by atoms with van der Waals surface area (Å²) < 4.78 is 11.1. The molecule has 1 aromatic rings. The monoisotopic (exact) mass is 152 g/mol. The average Bonchev–Trinajstić information content (AvgIpc) is 2.34. The maximum atomic E-state index is 11.1. The Labute approximate surface area is 60.9 Å². The number of hydrogen-bond acceptors (Lipinski definition) is 3. The van der Waals surface area contributed by atoms with E-state index in [4.69, 9.17) is 0 Å². The normalized spacial score (nSPS) is 15.6. The Balaban J connectivity index is 2.72. The molecule has 2 nitrogen and oxygen atoms in total. The van der Waals surface area contributed by atoms with Crippen LogP contribution in [0.3, 0.4) is 0 Å². The van der Waals surface area contributed by atoms with Gasteiger partial charge in [-0.3, -0.25) is 0 Å². The summed E-state index contributed by atoms with van der Waals surface area (Å²) in [5.41, 5.74) is 2.55. The molecular formula is C7H6NOS-. The van der Waals surface area contributed by atoms with E-state index >= 15 is 0 Å². The van der Waals surface area contributed by atoms with E-state index in [-0.39, 0.29) is 0 Å². The van der Waals surface area contributed by atoms with E-state index in [9.17, 15) is 4.21 Å². The van der Waals surface area contributed by atoms with E-state index in [0.717, 1.165) is 10.6 Å². The largest absolute Gasteiger partial charge is 0.456 e. The van der Waals surface area contributed by atoms with Gasteiger partial charge in [0.2, 0.25) is 0 Å². The summed E-state index contributed by atoms with van der Waals surface area (Å²) in [6.07, 6.45) is 0. The lowest BCUT2D eigenvalue weighted by Gasteiger charge is -2.00. The van der Waals surface area contributed by atoms with Crippen LogP contribution in [0.15, 0.2) is 29.2 Å². The third kappa shape index (κ3) is 0.708. The number of anilines is 1. The highest BCUT2D eigenvalue weighted by atomic mass is 32.2. The summed E-state index contributed by atoms with van der Waals surface area (Å²) >= 11 is 0. The summed E-state index contributed by atoms with van der Waals surface area (Å²) in [6, 6.07) is 7.58. The topological polar surface area (TPSA) is 29.1 Å². The molecule has 2 rings (SSSR count). The van der Waals surface area contributed by atoms with Crippen LogP contribution < -0.4 is 5.32 Å². The highest BCUT2D eigenvalue weighted by Crippen LogP contribution is 2.19. The Bertz CT molecular complexity index is 339. The van der Waals surface area contributed by atoms with Crippen LogP contribution in [0.5, 0.6) is 0 Å². The van der Waals surface area contributed by atoms with Gasteiger partial charge >= 0.3 is 0 Å². The molecule has 1 aliphatic heterocycles. The van der Waals surface area contributed by atoms with Crippen molar-refractivity contribution in [2.75, 3.05) is 5.32 Å². The zero-order valence-electron chi connectivity index (χ0n) is 5.20. The first kappa shape index (κ1) is 5.80. The molecule has 1 aliphatic rings. The van der Waals surface area contributed by atoms with Crippen molar-refractivity contribution in [3.63, 3.8) is 0 Å². The summed E-state index contributed by atoms with van der Waals surface area (Å²) in [6.45, 7) is 0. The predicted molar refractivity (Wildman–Crippen MR) is 42.4 cm³/mol. The van der Waals surface area contributed by atoms with Crippen LogP contribution in [0.25, 0.3) is 0 Å². The Morgan fingerprint density at radius 1 is 1.30 bits per heavy atom. The number of fused-ring (bicyclic) bond motifs is 1. The van der Waals surface area contributed by atoms with Gasteiger partial charge in [0.15, 0.2) is 0 Å². The van der Waals surface area contributed by atoms with E-state index in [1.54, 1.807) is 5.49 Å². The third-order valence-corrected chi connectivity index (χ3v) is 2.55. The molecule has 0 bridgehead atoms. The fourth-order valence-electron chi connectivity index (χ4n) is 0.942. The molecule has 0 unspecified atom stereocenters. The Hall–Kier alpha value is -0.960. The van der Waals surface area contributed by atoms with Crippen LogP contribution in [0.1, 0.15) is 0 Å². The van der Waals surface area contributed by atoms with Gasteiger partial charge in [-0.2, -0.15) is 0 Å². The Morgan fingerprint density at radius 3 is 2.90 bits per heavy atom. The molecule has 10 heavy (non-hydrogen) atoms. The molecule has 0 aromatic heterocycles. The molecule has 3 heteroatoms. The minimum atomic E-state index is -0.934. The number of benzene rings is 1. The van der Waals surface area contributed by atoms with Gasteiger partial charge in [0.25, 0.3) is 0 Å². The van der Waals surface area contributed by atoms with E-state index < -0.39 is 10.4 Å². The smallest absolute Gasteiger partial charge is 0.0197 e. The highest BCUT2D eigenvalue weighted by molar-refractivity contribution is 7.84. The van der Waals surface area contributed by atoms with Crippen LogP contribution in [-0.4, -0.2) is 5.49 Å². The molecule has 1 N–H and O–H groups in total. The highest BCUT2D eigenvalue weighted by Gasteiger charge is 1.95. The molecule has 1 heterocycles. The quantitative estimate of drug-likeness (QED) is 0.447. The predicted octanol–water partition coefficient (Wildman–Crippen LogP) is 1.19. The van der Waals surface area contributed by atoms with Crippen molar-refractivity contribution in [1.29, 1.82) is 0 Å². The van der Waals surface area contributed by atoms with Crippen LogP contribution in [0.4, 0.5) is 5.69 Å². The second-order valence-electron chi connectivity index (χ2n) is 2.06. The SMILES string of the molecule is O=[S-]1=CNc2ccccc21. The first-order valence-electron chi connectivity index (χ1n) is 2.97. The van der Waals surface area contributed by atoms with E-state index in [2.05, 4.69) is 5.32 Å². The second kappa shape index (κ2) is 2.02. The first-order valence-corrected chi connectivity index (χ1v) is 4.19. The lowest BCUT2D eigenvalue weighted by molar-refractivity contribution is 0.604. The molecule has 52 valence electrons. The molecule has 1 aromatic carbocycles. The summed E-state index contributed by atoms with van der Waals surface area (Å²) in [5.74, 6) is 0. The number of rotatable bonds is 0. The lowest BCUT2D eigenvalue weighted by atomic mass is 10.3. The first-order chi connectivity index (χ1) is 4.88. The van der Waals surface area contributed by atoms with Crippen molar-refractivity contribution in [2.45, 2.75) is 4.90 Å². The van der Waals surface area contributed by atoms with Gasteiger partial charge in [0, 0.05) is 5.69 Å². The fraction of sp³-hybridized carbons (Fsp3) is 0. The van der Waals surface area contributed by atoms with Crippen LogP contribution in [-0.2, 0) is 14.6 Å². The summed E-state index contributed by atoms with van der Waals surface area (Å²) in [5, 5.41) is 2.92. The molecule has 0 amide bonds. The zero-order valence-corrected chi connectivity index (χ0v) is 6.02. The molecule has 0 spiro atoms. The zero-order chi connectivity index (χ0) is 6.97. The number of para-hydroxylation sites is 1. The minimum absolute atomic E-state index is 0.877. The average molecular weight is 152 g/mol. The lowest BCUT2D eigenvalue weighted by Crippen LogP contribution is -1.86. The van der Waals surface area contributed by atoms with Gasteiger partial charge in [0.1, 0.15) is 0 Å². The van der Waals surface area contributed by atoms with Crippen LogP contribution >= 0.6 is 0 Å². The summed E-state index contributed by atoms with van der Waals surface area (Å²) in [4.78, 5) is 0.877. The molecule has 0 aliphatic carbocycles. The Morgan fingerprint density at radius 2 is 2.10 bits per heavy atom. The van der Waals surface area contributed by atoms with Gasteiger partial charge < -0.3 is 9.53 Å². The van der Waals surface area contributed by atoms with Gasteiger partial charge in [-0.15, -0.1) is 0 Å². The molecule has 0 radical (unpaired) electrons. The maximum Gasteiger partial charge on any atom is 0.0197 e. The van der Waals surface area contributed by atoms with Crippen molar-refractivity contribution in [2.24, 2.45) is 0 Å². The van der Waals surface area contributed by atoms with Crippen molar-refractivity contribution >= 4 is 21.6 Å². The number of hydrogen-bond donors (Lipinski definition) is 1. The molecule has 0 atom stereocenters. The van der Waals surface area contributed by atoms with Crippen molar-refractivity contribution in [3.05, 3.63) is 24.3 Å². The van der Waals surface area contributed by atoms with Crippen molar-refractivity contribution in [1.82, 2.24) is 0 Å². The van der Waals surface area contributed by atoms with Gasteiger partial charge in [0.05, 0.1) is 0 Å². The van der Waals surface area contributed by atoms with Crippen LogP contribution in [0, 0.1) is 0 Å². The summed E-state index contributed by atoms with van der Waals surface area (Å²) in [7, 11) is -0.934. The van der Waals surface area contributed by atoms with E-state index in [1.165, 1.54) is 0 Å². The van der Waals surface area contributed by atoms with E-state index in [1.807, 2.05) is 24.3 Å². The molecule has 0 saturated heterocycles. The standard InChI is InChI=1S/C7H6NOS/c9-10-5-8-6-3-1-2-4-7(6)10/h1-5,8H/q-1. The molecule has 0 saturated carbocycles. The molecule has 0 fully saturated rings. The van der Waals surface area contributed by atoms with Gasteiger partial charge in [-0.25, -0.2) is 10.4 Å². The van der Waals surface area contributed by atoms with Gasteiger partial charge in [-0.05, 0) is 6.07 Å². The van der Waals surface area contributed by atoms with E-state index in [0.29, 0.717) is 0 Å². The van der Waals surface area contributed by atoms with Gasteiger partial charge in [-0.1, -0.05) is 28.6 Å². The second-order valence-corrected chi connectivity index (χ2v) is 3.33. The third-order valence-electron chi connectivity index (χ3n) is 1.43. The van der Waals surface area contributed by atoms with Crippen molar-refractivity contribution < 1.29 is 4.21 Å². The van der Waals surface area contributed by atoms with Crippen LogP contribution in [0.2, 0.25) is 0 Å².